The van der Waals surface area contributed by atoms with Gasteiger partial charge in [0.05, 0.1) is 6.26 Å². The molecule has 0 aliphatic carbocycles. The quantitative estimate of drug-likeness (QED) is 0.683. The Morgan fingerprint density at radius 1 is 1.31 bits per heavy atom. The van der Waals surface area contributed by atoms with E-state index in [-0.39, 0.29) is 6.29 Å². The van der Waals surface area contributed by atoms with E-state index in [1.54, 1.807) is 12.3 Å². The van der Waals surface area contributed by atoms with E-state index in [0.29, 0.717) is 5.75 Å². The van der Waals surface area contributed by atoms with E-state index in [1.807, 2.05) is 36.4 Å². The second kappa shape index (κ2) is 3.81. The fourth-order valence-corrected chi connectivity index (χ4v) is 1.01. The fourth-order valence-electron chi connectivity index (χ4n) is 1.01. The Hall–Kier alpha value is -1.70. The second-order valence-corrected chi connectivity index (χ2v) is 2.56. The van der Waals surface area contributed by atoms with Crippen molar-refractivity contribution in [2.75, 3.05) is 0 Å². The number of allylic oxidation sites excluding steroid dienone is 2. The Morgan fingerprint density at radius 2 is 2.31 bits per heavy atom. The average molecular weight is 173 g/mol. The molecule has 2 nitrogen and oxygen atoms in total. The van der Waals surface area contributed by atoms with Crippen molar-refractivity contribution in [1.82, 2.24) is 0 Å². The molecular weight excluding hydrogens is 164 g/mol. The Bertz CT molecular complexity index is 314. The van der Waals surface area contributed by atoms with Crippen molar-refractivity contribution in [1.29, 1.82) is 0 Å². The van der Waals surface area contributed by atoms with Crippen molar-refractivity contribution >= 4 is 0 Å². The number of benzene rings is 1. The van der Waals surface area contributed by atoms with Crippen molar-refractivity contribution in [3.63, 3.8) is 0 Å². The first-order valence-electron chi connectivity index (χ1n) is 4.07. The molecule has 1 aromatic rings. The molecule has 0 saturated carbocycles. The molecule has 0 amide bonds. The van der Waals surface area contributed by atoms with Gasteiger partial charge in [-0.1, -0.05) is 24.3 Å². The maximum atomic E-state index is 5.44. The molecule has 1 aliphatic heterocycles. The van der Waals surface area contributed by atoms with Gasteiger partial charge in [0.15, 0.2) is 0 Å². The van der Waals surface area contributed by atoms with Crippen LogP contribution in [0.3, 0.4) is 0 Å². The summed E-state index contributed by atoms with van der Waals surface area (Å²) in [5.74, 6) is 0.687. The van der Waals surface area contributed by atoms with Crippen LogP contribution in [0.1, 0.15) is 0 Å². The van der Waals surface area contributed by atoms with Gasteiger partial charge in [0.2, 0.25) is 0 Å². The first-order chi connectivity index (χ1) is 6.45. The van der Waals surface area contributed by atoms with Gasteiger partial charge in [-0.3, -0.25) is 0 Å². The van der Waals surface area contributed by atoms with E-state index < -0.39 is 0 Å². The van der Waals surface area contributed by atoms with Crippen LogP contribution >= 0.6 is 0 Å². The van der Waals surface area contributed by atoms with Gasteiger partial charge in [0.25, 0.3) is 6.29 Å². The van der Waals surface area contributed by atoms with Crippen molar-refractivity contribution < 1.29 is 9.47 Å². The zero-order valence-electron chi connectivity index (χ0n) is 7.01. The van der Waals surface area contributed by atoms with Crippen LogP contribution in [0.4, 0.5) is 0 Å². The van der Waals surface area contributed by atoms with E-state index in [1.165, 1.54) is 0 Å². The summed E-state index contributed by atoms with van der Waals surface area (Å²) in [7, 11) is 0. The van der Waals surface area contributed by atoms with Crippen molar-refractivity contribution in [2.45, 2.75) is 6.29 Å². The summed E-state index contributed by atoms with van der Waals surface area (Å²) in [6.07, 6.45) is 6.81. The molecule has 1 atom stereocenters. The molecule has 1 aromatic carbocycles. The lowest BCUT2D eigenvalue weighted by atomic mass is 10.3. The first kappa shape index (κ1) is 7.92. The molecule has 1 radical (unpaired) electrons. The molecule has 65 valence electrons. The summed E-state index contributed by atoms with van der Waals surface area (Å²) in [6, 6.07) is 10.4. The van der Waals surface area contributed by atoms with Crippen LogP contribution < -0.4 is 4.74 Å². The van der Waals surface area contributed by atoms with Crippen LogP contribution in [-0.4, -0.2) is 6.29 Å². The predicted molar refractivity (Wildman–Crippen MR) is 49.1 cm³/mol. The minimum atomic E-state index is -0.330. The van der Waals surface area contributed by atoms with Crippen LogP contribution in [0.2, 0.25) is 0 Å². The highest BCUT2D eigenvalue weighted by atomic mass is 16.7. The molecule has 13 heavy (non-hydrogen) atoms. The zero-order valence-corrected chi connectivity index (χ0v) is 7.01. The van der Waals surface area contributed by atoms with Gasteiger partial charge in [-0.15, -0.1) is 0 Å². The minimum Gasteiger partial charge on any atom is -0.459 e. The highest BCUT2D eigenvalue weighted by molar-refractivity contribution is 5.20. The molecular formula is C11H9O2. The third-order valence-corrected chi connectivity index (χ3v) is 1.59. The second-order valence-electron chi connectivity index (χ2n) is 2.56. The lowest BCUT2D eigenvalue weighted by Crippen LogP contribution is -2.16. The monoisotopic (exact) mass is 173 g/mol. The standard InChI is InChI=1S/C11H9O2/c1-2-6-10(7-3-1)13-11-8-4-5-9-12-11/h1-6,8-9,11H. The number of para-hydroxylation sites is 1. The first-order valence-corrected chi connectivity index (χ1v) is 4.07. The minimum absolute atomic E-state index is 0.330. The Morgan fingerprint density at radius 3 is 3.00 bits per heavy atom. The number of ether oxygens (including phenoxy) is 2. The van der Waals surface area contributed by atoms with Crippen LogP contribution in [0.15, 0.2) is 48.8 Å². The van der Waals surface area contributed by atoms with Gasteiger partial charge in [-0.2, -0.15) is 0 Å². The third-order valence-electron chi connectivity index (χ3n) is 1.59. The SMILES string of the molecule is [c]1ccccc1OC1C=CC=CO1. The van der Waals surface area contributed by atoms with E-state index in [4.69, 9.17) is 9.47 Å². The van der Waals surface area contributed by atoms with Crippen molar-refractivity contribution in [3.05, 3.63) is 54.8 Å². The van der Waals surface area contributed by atoms with Crippen molar-refractivity contribution in [3.8, 4) is 5.75 Å². The van der Waals surface area contributed by atoms with Gasteiger partial charge in [-0.25, -0.2) is 0 Å². The van der Waals surface area contributed by atoms with E-state index in [0.717, 1.165) is 0 Å². The normalized spacial score (nSPS) is 19.5. The number of hydrogen-bond donors (Lipinski definition) is 0. The van der Waals surface area contributed by atoms with Gasteiger partial charge in [0.1, 0.15) is 5.75 Å². The van der Waals surface area contributed by atoms with Gasteiger partial charge in [0, 0.05) is 6.07 Å². The smallest absolute Gasteiger partial charge is 0.260 e. The lowest BCUT2D eigenvalue weighted by Gasteiger charge is -2.16. The van der Waals surface area contributed by atoms with Crippen LogP contribution in [0.25, 0.3) is 0 Å². The Labute approximate surface area is 77.1 Å². The summed E-state index contributed by atoms with van der Waals surface area (Å²) in [6.45, 7) is 0. The summed E-state index contributed by atoms with van der Waals surface area (Å²) >= 11 is 0. The van der Waals surface area contributed by atoms with Crippen molar-refractivity contribution in [2.24, 2.45) is 0 Å². The van der Waals surface area contributed by atoms with Gasteiger partial charge < -0.3 is 9.47 Å². The molecule has 1 aliphatic rings. The molecule has 0 saturated heterocycles. The van der Waals surface area contributed by atoms with Gasteiger partial charge >= 0.3 is 0 Å². The van der Waals surface area contributed by atoms with E-state index in [2.05, 4.69) is 6.07 Å². The van der Waals surface area contributed by atoms with Gasteiger partial charge in [-0.05, 0) is 18.2 Å². The van der Waals surface area contributed by atoms with E-state index in [9.17, 15) is 0 Å². The molecule has 0 bridgehead atoms. The summed E-state index contributed by atoms with van der Waals surface area (Å²) in [5.41, 5.74) is 0. The Kier molecular flexibility index (Phi) is 2.32. The molecule has 0 spiro atoms. The topological polar surface area (TPSA) is 18.5 Å². The number of rotatable bonds is 2. The highest BCUT2D eigenvalue weighted by Crippen LogP contribution is 2.12. The van der Waals surface area contributed by atoms with E-state index >= 15 is 0 Å². The van der Waals surface area contributed by atoms with Crippen LogP contribution in [0.5, 0.6) is 5.75 Å². The molecule has 2 heteroatoms. The van der Waals surface area contributed by atoms with Crippen LogP contribution in [0, 0.1) is 6.07 Å². The third kappa shape index (κ3) is 2.12. The Balaban J connectivity index is 1.99. The highest BCUT2D eigenvalue weighted by Gasteiger charge is 2.06. The molecule has 1 heterocycles. The largest absolute Gasteiger partial charge is 0.459 e. The maximum Gasteiger partial charge on any atom is 0.260 e. The summed E-state index contributed by atoms with van der Waals surface area (Å²) in [4.78, 5) is 0. The number of hydrogen-bond acceptors (Lipinski definition) is 2. The predicted octanol–water partition coefficient (Wildman–Crippen LogP) is 2.29. The summed E-state index contributed by atoms with van der Waals surface area (Å²) < 4.78 is 10.6. The molecule has 0 N–H and O–H groups in total. The molecule has 2 rings (SSSR count). The summed E-state index contributed by atoms with van der Waals surface area (Å²) in [5, 5.41) is 0. The molecule has 0 aromatic heterocycles. The lowest BCUT2D eigenvalue weighted by molar-refractivity contribution is 0.00768. The fraction of sp³-hybridized carbons (Fsp3) is 0.0909. The van der Waals surface area contributed by atoms with Crippen LogP contribution in [-0.2, 0) is 4.74 Å². The zero-order chi connectivity index (χ0) is 8.93. The molecule has 1 unspecified atom stereocenters. The maximum absolute atomic E-state index is 5.44. The molecule has 0 fully saturated rings. The average Bonchev–Trinajstić information content (AvgIpc) is 2.21.